The molecule has 0 saturated carbocycles. The summed E-state index contributed by atoms with van der Waals surface area (Å²) >= 11 is 0. The Morgan fingerprint density at radius 1 is 1.02 bits per heavy atom. The molecule has 15 heteroatoms. The first-order chi connectivity index (χ1) is 27.4. The van der Waals surface area contributed by atoms with Crippen LogP contribution in [-0.4, -0.2) is 135 Å². The lowest BCUT2D eigenvalue weighted by Gasteiger charge is -2.47. The molecule has 0 aromatic carbocycles. The number of unbranched alkanes of at least 4 members (excludes halogenated alkanes) is 1. The number of aromatic nitrogens is 3. The normalized spacial score (nSPS) is 36.7. The number of aryl methyl sites for hydroxylation is 1. The topological polar surface area (TPSA) is 172 Å². The molecule has 2 aromatic heterocycles. The highest BCUT2D eigenvalue weighted by molar-refractivity contribution is 6.00. The lowest BCUT2D eigenvalue weighted by atomic mass is 9.73. The third kappa shape index (κ3) is 9.33. The first-order valence-electron chi connectivity index (χ1n) is 20.8. The van der Waals surface area contributed by atoms with Gasteiger partial charge in [0.2, 0.25) is 0 Å². The van der Waals surface area contributed by atoms with Crippen molar-refractivity contribution in [2.45, 2.75) is 148 Å². The van der Waals surface area contributed by atoms with Crippen LogP contribution in [0.1, 0.15) is 87.5 Å². The van der Waals surface area contributed by atoms with E-state index in [9.17, 15) is 24.3 Å². The maximum atomic E-state index is 14.7. The number of carbonyl (C=O) groups is 4. The summed E-state index contributed by atoms with van der Waals surface area (Å²) in [5.74, 6) is -4.95. The largest absolute Gasteiger partial charge is 0.458 e. The van der Waals surface area contributed by atoms with Gasteiger partial charge in [-0.1, -0.05) is 27.7 Å². The Balaban J connectivity index is 1.43. The van der Waals surface area contributed by atoms with Crippen molar-refractivity contribution in [2.24, 2.45) is 23.7 Å². The molecule has 0 radical (unpaired) electrons. The number of carbonyl (C=O) groups excluding carboxylic acids is 4. The quantitative estimate of drug-likeness (QED) is 0.184. The average molecular weight is 812 g/mol. The number of esters is 1. The van der Waals surface area contributed by atoms with Gasteiger partial charge in [0, 0.05) is 68.1 Å². The number of imidazole rings is 1. The van der Waals surface area contributed by atoms with Gasteiger partial charge in [-0.25, -0.2) is 9.78 Å². The molecule has 0 bridgehead atoms. The van der Waals surface area contributed by atoms with Crippen molar-refractivity contribution in [1.82, 2.24) is 24.3 Å². The van der Waals surface area contributed by atoms with Gasteiger partial charge in [-0.2, -0.15) is 0 Å². The summed E-state index contributed by atoms with van der Waals surface area (Å²) < 4.78 is 33.2. The fourth-order valence-electron chi connectivity index (χ4n) is 9.43. The average Bonchev–Trinajstić information content (AvgIpc) is 3.78. The number of methoxy groups -OCH3 is 1. The Labute approximate surface area is 343 Å². The number of nitrogens with zero attached hydrogens (tertiary/aromatic N) is 5. The van der Waals surface area contributed by atoms with Gasteiger partial charge in [-0.15, -0.1) is 0 Å². The maximum Gasteiger partial charge on any atom is 0.410 e. The fraction of sp³-hybridized carbons (Fsp3) is 0.721. The molecule has 0 aliphatic carbocycles. The molecule has 13 atom stereocenters. The number of Topliss-reactive ketones (excluding diaryl/α,β-unsaturated/α-hetero) is 2. The number of pyridine rings is 1. The first kappa shape index (κ1) is 45.3. The standard InChI is InChI=1S/C43H65N5O10/c1-12-33-43(8)37(48(41(53)58-43)19-14-13-18-47-23-31(45-24-47)30-16-15-17-44-22-30)27(4)34(49)25(2)21-42(7,54-11)38(28(5)35(50)29(6)39(52)56-33)57-40-36(51)32(46(9)10)20-26(3)55-40/h15-17,22-29,32-33,36-38,40,51H,12-14,18-21H2,1-11H3/t25-,26-,27+,28?,29-,32+,33-,36?,37-,38-,40?,42-,43-/m1/s1. The highest BCUT2D eigenvalue weighted by atomic mass is 16.7. The second-order valence-electron chi connectivity index (χ2n) is 17.3. The Hall–Kier alpha value is -3.76. The van der Waals surface area contributed by atoms with Crippen molar-refractivity contribution in [3.8, 4) is 11.3 Å². The van der Waals surface area contributed by atoms with Crippen LogP contribution in [0.15, 0.2) is 37.1 Å². The molecule has 1 amide bonds. The van der Waals surface area contributed by atoms with Crippen LogP contribution >= 0.6 is 0 Å². The van der Waals surface area contributed by atoms with Crippen LogP contribution in [0.25, 0.3) is 11.3 Å². The smallest absolute Gasteiger partial charge is 0.410 e. The van der Waals surface area contributed by atoms with Gasteiger partial charge < -0.3 is 43.2 Å². The van der Waals surface area contributed by atoms with Gasteiger partial charge >= 0.3 is 12.1 Å². The Morgan fingerprint density at radius 2 is 1.72 bits per heavy atom. The zero-order valence-corrected chi connectivity index (χ0v) is 36.1. The fourth-order valence-corrected chi connectivity index (χ4v) is 9.43. The van der Waals surface area contributed by atoms with Gasteiger partial charge in [-0.3, -0.25) is 19.4 Å². The summed E-state index contributed by atoms with van der Waals surface area (Å²) in [6, 6.07) is 2.74. The lowest BCUT2D eigenvalue weighted by molar-refractivity contribution is -0.295. The third-order valence-corrected chi connectivity index (χ3v) is 12.8. The number of likely N-dealkylation sites (N-methyl/N-ethyl adjacent to an activating group) is 1. The molecule has 3 fully saturated rings. The van der Waals surface area contributed by atoms with E-state index in [1.807, 2.05) is 62.7 Å². The van der Waals surface area contributed by atoms with Crippen molar-refractivity contribution in [2.75, 3.05) is 27.7 Å². The summed E-state index contributed by atoms with van der Waals surface area (Å²) in [5.41, 5.74) is -0.938. The molecule has 1 N–H and O–H groups in total. The minimum absolute atomic E-state index is 0.130. The van der Waals surface area contributed by atoms with Crippen LogP contribution in [-0.2, 0) is 44.6 Å². The summed E-state index contributed by atoms with van der Waals surface area (Å²) in [6.07, 6.45) is 4.45. The van der Waals surface area contributed by atoms with E-state index >= 15 is 0 Å². The number of fused-ring (bicyclic) bond motifs is 1. The number of cyclic esters (lactones) is 1. The molecule has 3 unspecified atom stereocenters. The Bertz CT molecular complexity index is 1740. The maximum absolute atomic E-state index is 14.7. The van der Waals surface area contributed by atoms with Gasteiger partial charge in [0.05, 0.1) is 35.9 Å². The van der Waals surface area contributed by atoms with Crippen LogP contribution < -0.4 is 0 Å². The number of ether oxygens (including phenoxy) is 5. The van der Waals surface area contributed by atoms with Crippen molar-refractivity contribution >= 4 is 23.6 Å². The summed E-state index contributed by atoms with van der Waals surface area (Å²) in [7, 11) is 5.24. The van der Waals surface area contributed by atoms with Crippen LogP contribution in [0.3, 0.4) is 0 Å². The Kier molecular flexibility index (Phi) is 14.6. The van der Waals surface area contributed by atoms with Crippen molar-refractivity contribution < 1.29 is 48.0 Å². The van der Waals surface area contributed by atoms with E-state index in [0.29, 0.717) is 32.4 Å². The molecule has 322 valence electrons. The molecule has 58 heavy (non-hydrogen) atoms. The van der Waals surface area contributed by atoms with Crippen molar-refractivity contribution in [3.05, 3.63) is 37.1 Å². The zero-order valence-electron chi connectivity index (χ0n) is 36.1. The number of amides is 1. The number of hydrogen-bond acceptors (Lipinski definition) is 13. The summed E-state index contributed by atoms with van der Waals surface area (Å²) in [6.45, 7) is 14.9. The van der Waals surface area contributed by atoms with Gasteiger partial charge in [-0.05, 0) is 86.0 Å². The van der Waals surface area contributed by atoms with E-state index in [4.69, 9.17) is 23.7 Å². The Morgan fingerprint density at radius 3 is 2.36 bits per heavy atom. The highest BCUT2D eigenvalue weighted by Gasteiger charge is 2.60. The second-order valence-corrected chi connectivity index (χ2v) is 17.3. The molecule has 15 nitrogen and oxygen atoms in total. The van der Waals surface area contributed by atoms with Crippen LogP contribution in [0.2, 0.25) is 0 Å². The van der Waals surface area contributed by atoms with E-state index in [1.54, 1.807) is 51.3 Å². The molecule has 3 aliphatic heterocycles. The first-order valence-corrected chi connectivity index (χ1v) is 20.8. The molecule has 3 aliphatic rings. The van der Waals surface area contributed by atoms with Crippen LogP contribution in [0.4, 0.5) is 4.79 Å². The van der Waals surface area contributed by atoms with Gasteiger partial charge in [0.15, 0.2) is 17.7 Å². The molecule has 5 rings (SSSR count). The minimum Gasteiger partial charge on any atom is -0.458 e. The summed E-state index contributed by atoms with van der Waals surface area (Å²) in [4.78, 5) is 69.0. The van der Waals surface area contributed by atoms with Gasteiger partial charge in [0.1, 0.15) is 23.9 Å². The number of ketones is 2. The molecule has 2 aromatic rings. The molecular weight excluding hydrogens is 746 g/mol. The third-order valence-electron chi connectivity index (χ3n) is 12.8. The van der Waals surface area contributed by atoms with E-state index in [1.165, 1.54) is 14.0 Å². The molecule has 5 heterocycles. The predicted molar refractivity (Wildman–Crippen MR) is 214 cm³/mol. The van der Waals surface area contributed by atoms with E-state index < -0.39 is 83.4 Å². The number of hydrogen-bond donors (Lipinski definition) is 1. The SMILES string of the molecule is CC[C@H]1OC(=O)[C@H](C)C(=O)C(C)[C@@H](OC2O[C@H](C)C[C@H](N(C)C)C2O)[C@](C)(OC)C[C@@H](C)C(=O)[C@H](C)[C@H]2N(CCCCn3cnc(-c4cccnc4)c3)C(=O)O[C@]12C. The zero-order chi connectivity index (χ0) is 42.7. The monoisotopic (exact) mass is 811 g/mol. The van der Waals surface area contributed by atoms with E-state index in [-0.39, 0.29) is 30.8 Å². The lowest BCUT2D eigenvalue weighted by Crippen LogP contribution is -2.60. The van der Waals surface area contributed by atoms with Crippen LogP contribution in [0.5, 0.6) is 0 Å². The molecule has 0 spiro atoms. The number of aliphatic hydroxyl groups is 1. The van der Waals surface area contributed by atoms with E-state index in [2.05, 4.69) is 9.97 Å². The van der Waals surface area contributed by atoms with Crippen molar-refractivity contribution in [3.63, 3.8) is 0 Å². The van der Waals surface area contributed by atoms with Crippen LogP contribution in [0, 0.1) is 23.7 Å². The van der Waals surface area contributed by atoms with Gasteiger partial charge in [0.25, 0.3) is 0 Å². The molecule has 3 saturated heterocycles. The second kappa shape index (κ2) is 18.7. The minimum atomic E-state index is -1.40. The number of aliphatic hydroxyl groups excluding tert-OH is 1. The molecular formula is C43H65N5O10. The predicted octanol–water partition coefficient (Wildman–Crippen LogP) is 4.93. The summed E-state index contributed by atoms with van der Waals surface area (Å²) in [5, 5.41) is 11.4. The highest BCUT2D eigenvalue weighted by Crippen LogP contribution is 2.43. The van der Waals surface area contributed by atoms with Crippen molar-refractivity contribution in [1.29, 1.82) is 0 Å². The number of rotatable bonds is 11. The van der Waals surface area contributed by atoms with E-state index in [0.717, 1.165) is 11.3 Å².